The van der Waals surface area contributed by atoms with Gasteiger partial charge in [0.1, 0.15) is 11.9 Å². The third-order valence-electron chi connectivity index (χ3n) is 2.68. The van der Waals surface area contributed by atoms with Crippen LogP contribution in [0.3, 0.4) is 0 Å². The number of hydrogen-bond acceptors (Lipinski definition) is 3. The second kappa shape index (κ2) is 6.57. The zero-order valence-electron chi connectivity index (χ0n) is 11.2. The van der Waals surface area contributed by atoms with Crippen molar-refractivity contribution in [2.24, 2.45) is 0 Å². The SMILES string of the molecule is CC(C)Oc1cncc(C(O)c2ccc(Br)c(Cl)c2)c1. The van der Waals surface area contributed by atoms with Crippen molar-refractivity contribution in [1.82, 2.24) is 4.98 Å². The van der Waals surface area contributed by atoms with Crippen LogP contribution in [0.2, 0.25) is 5.02 Å². The number of nitrogens with zero attached hydrogens (tertiary/aromatic N) is 1. The van der Waals surface area contributed by atoms with Crippen molar-refractivity contribution in [2.75, 3.05) is 0 Å². The van der Waals surface area contributed by atoms with Gasteiger partial charge in [0.05, 0.1) is 17.3 Å². The molecule has 0 amide bonds. The summed E-state index contributed by atoms with van der Waals surface area (Å²) >= 11 is 9.37. The molecule has 0 aliphatic carbocycles. The first-order valence-corrected chi connectivity index (χ1v) is 7.39. The van der Waals surface area contributed by atoms with Gasteiger partial charge in [-0.15, -0.1) is 0 Å². The number of benzene rings is 1. The molecule has 1 N–H and O–H groups in total. The van der Waals surface area contributed by atoms with E-state index in [1.54, 1.807) is 24.5 Å². The highest BCUT2D eigenvalue weighted by Gasteiger charge is 2.13. The molecule has 1 heterocycles. The van der Waals surface area contributed by atoms with Crippen molar-refractivity contribution in [1.29, 1.82) is 0 Å². The maximum absolute atomic E-state index is 10.4. The zero-order valence-corrected chi connectivity index (χ0v) is 13.5. The Hall–Kier alpha value is -1.10. The molecule has 20 heavy (non-hydrogen) atoms. The van der Waals surface area contributed by atoms with E-state index < -0.39 is 6.10 Å². The summed E-state index contributed by atoms with van der Waals surface area (Å²) in [6.07, 6.45) is 2.52. The van der Waals surface area contributed by atoms with Crippen molar-refractivity contribution >= 4 is 27.5 Å². The van der Waals surface area contributed by atoms with Crippen LogP contribution in [0.25, 0.3) is 0 Å². The minimum Gasteiger partial charge on any atom is -0.489 e. The topological polar surface area (TPSA) is 42.4 Å². The smallest absolute Gasteiger partial charge is 0.138 e. The summed E-state index contributed by atoms with van der Waals surface area (Å²) in [4.78, 5) is 4.10. The molecular formula is C15H15BrClNO2. The largest absolute Gasteiger partial charge is 0.489 e. The van der Waals surface area contributed by atoms with Gasteiger partial charge in [0.2, 0.25) is 0 Å². The van der Waals surface area contributed by atoms with Gasteiger partial charge >= 0.3 is 0 Å². The summed E-state index contributed by atoms with van der Waals surface area (Å²) in [5.74, 6) is 0.639. The molecule has 0 aliphatic heterocycles. The van der Waals surface area contributed by atoms with Crippen molar-refractivity contribution in [3.63, 3.8) is 0 Å². The molecule has 3 nitrogen and oxygen atoms in total. The van der Waals surface area contributed by atoms with E-state index in [1.165, 1.54) is 0 Å². The molecule has 5 heteroatoms. The van der Waals surface area contributed by atoms with Crippen LogP contribution >= 0.6 is 27.5 Å². The van der Waals surface area contributed by atoms with Crippen LogP contribution in [0, 0.1) is 0 Å². The molecule has 0 spiro atoms. The second-order valence-corrected chi connectivity index (χ2v) is 5.96. The molecule has 1 unspecified atom stereocenters. The summed E-state index contributed by atoms with van der Waals surface area (Å²) in [5, 5.41) is 11.0. The van der Waals surface area contributed by atoms with E-state index in [-0.39, 0.29) is 6.10 Å². The van der Waals surface area contributed by atoms with E-state index in [0.717, 1.165) is 4.47 Å². The predicted molar refractivity (Wildman–Crippen MR) is 83.2 cm³/mol. The molecule has 2 aromatic rings. The molecule has 106 valence electrons. The molecule has 0 radical (unpaired) electrons. The Morgan fingerprint density at radius 2 is 1.95 bits per heavy atom. The standard InChI is InChI=1S/C15H15BrClNO2/c1-9(2)20-12-5-11(7-18-8-12)15(19)10-3-4-13(16)14(17)6-10/h3-9,15,19H,1-2H3. The summed E-state index contributed by atoms with van der Waals surface area (Å²) in [6.45, 7) is 3.88. The Morgan fingerprint density at radius 3 is 2.60 bits per heavy atom. The highest BCUT2D eigenvalue weighted by atomic mass is 79.9. The van der Waals surface area contributed by atoms with Crippen molar-refractivity contribution in [3.8, 4) is 5.75 Å². The Morgan fingerprint density at radius 1 is 1.20 bits per heavy atom. The van der Waals surface area contributed by atoms with Crippen LogP contribution in [0.5, 0.6) is 5.75 Å². The Kier molecular flexibility index (Phi) is 5.02. The van der Waals surface area contributed by atoms with Gasteiger partial charge in [-0.25, -0.2) is 0 Å². The molecule has 0 fully saturated rings. The van der Waals surface area contributed by atoms with Gasteiger partial charge in [0.25, 0.3) is 0 Å². The maximum Gasteiger partial charge on any atom is 0.138 e. The highest BCUT2D eigenvalue weighted by Crippen LogP contribution is 2.29. The lowest BCUT2D eigenvalue weighted by molar-refractivity contribution is 0.215. The van der Waals surface area contributed by atoms with Crippen molar-refractivity contribution < 1.29 is 9.84 Å². The summed E-state index contributed by atoms with van der Waals surface area (Å²) < 4.78 is 6.37. The molecule has 2 rings (SSSR count). The monoisotopic (exact) mass is 355 g/mol. The van der Waals surface area contributed by atoms with E-state index in [0.29, 0.717) is 21.9 Å². The fraction of sp³-hybridized carbons (Fsp3) is 0.267. The van der Waals surface area contributed by atoms with Gasteiger partial charge in [-0.2, -0.15) is 0 Å². The first-order chi connectivity index (χ1) is 9.47. The first kappa shape index (κ1) is 15.3. The Bertz CT molecular complexity index is 604. The van der Waals surface area contributed by atoms with E-state index in [1.807, 2.05) is 26.0 Å². The molecule has 1 atom stereocenters. The molecule has 1 aromatic heterocycles. The fourth-order valence-corrected chi connectivity index (χ4v) is 2.23. The van der Waals surface area contributed by atoms with E-state index in [9.17, 15) is 5.11 Å². The van der Waals surface area contributed by atoms with Gasteiger partial charge in [0.15, 0.2) is 0 Å². The lowest BCUT2D eigenvalue weighted by Crippen LogP contribution is -2.07. The lowest BCUT2D eigenvalue weighted by atomic mass is 10.0. The van der Waals surface area contributed by atoms with Crippen LogP contribution < -0.4 is 4.74 Å². The van der Waals surface area contributed by atoms with Gasteiger partial charge in [0, 0.05) is 16.2 Å². The molecule has 0 bridgehead atoms. The van der Waals surface area contributed by atoms with Crippen LogP contribution in [0.1, 0.15) is 31.1 Å². The summed E-state index contributed by atoms with van der Waals surface area (Å²) in [6, 6.07) is 7.14. The molecular weight excluding hydrogens is 342 g/mol. The predicted octanol–water partition coefficient (Wildman–Crippen LogP) is 4.37. The van der Waals surface area contributed by atoms with Gasteiger partial charge < -0.3 is 9.84 Å². The molecule has 0 saturated heterocycles. The van der Waals surface area contributed by atoms with Crippen LogP contribution in [0.15, 0.2) is 41.1 Å². The maximum atomic E-state index is 10.4. The number of aliphatic hydroxyl groups excluding tert-OH is 1. The number of ether oxygens (including phenoxy) is 1. The van der Waals surface area contributed by atoms with Crippen molar-refractivity contribution in [2.45, 2.75) is 26.1 Å². The molecule has 1 aromatic carbocycles. The quantitative estimate of drug-likeness (QED) is 0.884. The number of hydrogen-bond donors (Lipinski definition) is 1. The van der Waals surface area contributed by atoms with Crippen molar-refractivity contribution in [3.05, 3.63) is 57.3 Å². The van der Waals surface area contributed by atoms with Crippen LogP contribution in [-0.4, -0.2) is 16.2 Å². The number of rotatable bonds is 4. The zero-order chi connectivity index (χ0) is 14.7. The van der Waals surface area contributed by atoms with Gasteiger partial charge in [-0.1, -0.05) is 17.7 Å². The number of aromatic nitrogens is 1. The molecule has 0 aliphatic rings. The van der Waals surface area contributed by atoms with E-state index >= 15 is 0 Å². The average molecular weight is 357 g/mol. The van der Waals surface area contributed by atoms with Gasteiger partial charge in [-0.05, 0) is 53.5 Å². The third-order valence-corrected chi connectivity index (χ3v) is 3.91. The lowest BCUT2D eigenvalue weighted by Gasteiger charge is -2.14. The normalized spacial score (nSPS) is 12.5. The number of aliphatic hydroxyl groups is 1. The van der Waals surface area contributed by atoms with E-state index in [4.69, 9.17) is 16.3 Å². The Labute approximate surface area is 131 Å². The number of halogens is 2. The highest BCUT2D eigenvalue weighted by molar-refractivity contribution is 9.10. The second-order valence-electron chi connectivity index (χ2n) is 4.70. The minimum atomic E-state index is -0.788. The van der Waals surface area contributed by atoms with Gasteiger partial charge in [-0.3, -0.25) is 4.98 Å². The molecule has 0 saturated carbocycles. The fourth-order valence-electron chi connectivity index (χ4n) is 1.80. The van der Waals surface area contributed by atoms with Crippen LogP contribution in [0.4, 0.5) is 0 Å². The summed E-state index contributed by atoms with van der Waals surface area (Å²) in [7, 11) is 0. The number of pyridine rings is 1. The average Bonchev–Trinajstić information content (AvgIpc) is 2.40. The Balaban J connectivity index is 2.28. The van der Waals surface area contributed by atoms with Crippen LogP contribution in [-0.2, 0) is 0 Å². The minimum absolute atomic E-state index is 0.0614. The van der Waals surface area contributed by atoms with E-state index in [2.05, 4.69) is 20.9 Å². The third kappa shape index (κ3) is 3.72. The first-order valence-electron chi connectivity index (χ1n) is 6.22. The summed E-state index contributed by atoms with van der Waals surface area (Å²) in [5.41, 5.74) is 1.38.